The third kappa shape index (κ3) is 7.66. The molecule has 4 rings (SSSR count). The van der Waals surface area contributed by atoms with E-state index in [2.05, 4.69) is 41.6 Å². The summed E-state index contributed by atoms with van der Waals surface area (Å²) in [5.41, 5.74) is 2.11. The first-order valence-corrected chi connectivity index (χ1v) is 14.5. The molecule has 2 heterocycles. The van der Waals surface area contributed by atoms with Gasteiger partial charge in [-0.15, -0.1) is 12.8 Å². The number of piperidine rings is 1. The number of carbonyl (C=O) groups is 1. The van der Waals surface area contributed by atoms with E-state index in [4.69, 9.17) is 11.6 Å². The van der Waals surface area contributed by atoms with E-state index in [9.17, 15) is 13.6 Å². The lowest BCUT2D eigenvalue weighted by atomic mass is 9.71. The molecule has 0 spiro atoms. The number of nitrogens with zero attached hydrogens (tertiary/aromatic N) is 3. The Balaban J connectivity index is 0.00000216. The van der Waals surface area contributed by atoms with Crippen molar-refractivity contribution in [2.75, 3.05) is 32.1 Å². The molecular formula is C32H43ClF2N4O. The smallest absolute Gasteiger partial charge is 0.260 e. The molecule has 3 unspecified atom stereocenters. The van der Waals surface area contributed by atoms with E-state index in [1.165, 1.54) is 0 Å². The van der Waals surface area contributed by atoms with Crippen molar-refractivity contribution < 1.29 is 13.6 Å². The summed E-state index contributed by atoms with van der Waals surface area (Å²) in [4.78, 5) is 21.7. The Labute approximate surface area is 243 Å². The second kappa shape index (κ2) is 13.7. The van der Waals surface area contributed by atoms with E-state index >= 15 is 0 Å². The van der Waals surface area contributed by atoms with Crippen molar-refractivity contribution in [1.29, 1.82) is 0 Å². The molecule has 1 aromatic rings. The normalized spacial score (nSPS) is 25.0. The molecule has 40 heavy (non-hydrogen) atoms. The zero-order chi connectivity index (χ0) is 29.6. The number of hydrogen-bond donors (Lipinski definition) is 1. The summed E-state index contributed by atoms with van der Waals surface area (Å²) in [7, 11) is 3.87. The van der Waals surface area contributed by atoms with Crippen molar-refractivity contribution in [2.45, 2.75) is 64.3 Å². The zero-order valence-corrected chi connectivity index (χ0v) is 24.9. The van der Waals surface area contributed by atoms with Gasteiger partial charge in [-0.2, -0.15) is 0 Å². The lowest BCUT2D eigenvalue weighted by molar-refractivity contribution is -0.135. The van der Waals surface area contributed by atoms with Gasteiger partial charge in [-0.05, 0) is 74.0 Å². The van der Waals surface area contributed by atoms with Gasteiger partial charge >= 0.3 is 0 Å². The number of halogens is 3. The molecule has 3 atom stereocenters. The number of rotatable bonds is 9. The maximum Gasteiger partial charge on any atom is 0.260 e. The van der Waals surface area contributed by atoms with Crippen LogP contribution in [0.5, 0.6) is 0 Å². The summed E-state index contributed by atoms with van der Waals surface area (Å²) in [6.07, 6.45) is 18.8. The predicted octanol–water partition coefficient (Wildman–Crippen LogP) is 6.81. The van der Waals surface area contributed by atoms with Crippen molar-refractivity contribution in [3.05, 3.63) is 53.2 Å². The van der Waals surface area contributed by atoms with Gasteiger partial charge in [-0.3, -0.25) is 4.79 Å². The van der Waals surface area contributed by atoms with Crippen LogP contribution in [0.4, 0.5) is 14.6 Å². The minimum atomic E-state index is -3.09. The molecule has 3 aliphatic rings. The molecule has 2 aliphatic carbocycles. The van der Waals surface area contributed by atoms with Gasteiger partial charge < -0.3 is 15.1 Å². The van der Waals surface area contributed by atoms with Crippen molar-refractivity contribution in [3.63, 3.8) is 0 Å². The molecule has 0 radical (unpaired) electrons. The SMILES string of the molecule is C#C.C=C(c1ccc(N2CCC(CC3CC(NC(=O)C(C4=CCCC=C4)C(C)(F)F)C3)C(C)C2)nc1Cl)N(C)C. The Morgan fingerprint density at radius 3 is 2.55 bits per heavy atom. The number of carbonyl (C=O) groups excluding carboxylic acids is 1. The molecular weight excluding hydrogens is 530 g/mol. The Hall–Kier alpha value is -2.85. The number of hydrogen-bond acceptors (Lipinski definition) is 4. The van der Waals surface area contributed by atoms with E-state index in [0.29, 0.717) is 34.9 Å². The first-order chi connectivity index (χ1) is 18.9. The number of aromatic nitrogens is 1. The Morgan fingerprint density at radius 1 is 1.30 bits per heavy atom. The molecule has 0 bridgehead atoms. The lowest BCUT2D eigenvalue weighted by Crippen LogP contribution is -2.50. The van der Waals surface area contributed by atoms with E-state index < -0.39 is 17.7 Å². The monoisotopic (exact) mass is 572 g/mol. The molecule has 1 aliphatic heterocycles. The number of pyridine rings is 1. The van der Waals surface area contributed by atoms with Gasteiger partial charge in [0.15, 0.2) is 0 Å². The first kappa shape index (κ1) is 31.7. The molecule has 1 N–H and O–H groups in total. The highest BCUT2D eigenvalue weighted by Crippen LogP contribution is 2.40. The van der Waals surface area contributed by atoms with E-state index in [1.807, 2.05) is 37.2 Å². The van der Waals surface area contributed by atoms with Crippen LogP contribution in [0.25, 0.3) is 5.70 Å². The molecule has 5 nitrogen and oxygen atoms in total. The average molecular weight is 573 g/mol. The van der Waals surface area contributed by atoms with Gasteiger partial charge in [-0.25, -0.2) is 13.8 Å². The molecule has 218 valence electrons. The Bertz CT molecular complexity index is 1130. The molecule has 2 fully saturated rings. The van der Waals surface area contributed by atoms with Gasteiger partial charge in [0.1, 0.15) is 16.9 Å². The Kier molecular flexibility index (Phi) is 10.8. The fourth-order valence-corrected chi connectivity index (χ4v) is 6.35. The van der Waals surface area contributed by atoms with Crippen molar-refractivity contribution in [1.82, 2.24) is 15.2 Å². The molecule has 1 aromatic heterocycles. The second-order valence-electron chi connectivity index (χ2n) is 11.7. The summed E-state index contributed by atoms with van der Waals surface area (Å²) in [6.45, 7) is 9.06. The van der Waals surface area contributed by atoms with E-state index in [-0.39, 0.29) is 6.04 Å². The standard InChI is InChI=1S/C30H41ClF2N4O.C2H2/c1-19-18-37(26-12-11-25(28(31)35-26)20(2)36(4)5)14-13-23(19)15-21-16-24(17-21)34-29(38)27(30(3,32)33)22-9-7-6-8-10-22;1-2/h7,9-12,19,21,23-24,27H,2,6,8,13-18H2,1,3-5H3,(H,34,38);1-2H. The fourth-order valence-electron chi connectivity index (χ4n) is 6.09. The van der Waals surface area contributed by atoms with Gasteiger partial charge in [0.25, 0.3) is 5.92 Å². The van der Waals surface area contributed by atoms with Gasteiger partial charge in [0, 0.05) is 51.4 Å². The van der Waals surface area contributed by atoms with Crippen LogP contribution < -0.4 is 10.2 Å². The number of anilines is 1. The molecule has 1 saturated heterocycles. The Morgan fingerprint density at radius 2 is 2.00 bits per heavy atom. The average Bonchev–Trinajstić information content (AvgIpc) is 2.89. The van der Waals surface area contributed by atoms with Crippen LogP contribution in [0.2, 0.25) is 5.15 Å². The predicted molar refractivity (Wildman–Crippen MR) is 161 cm³/mol. The van der Waals surface area contributed by atoms with Gasteiger partial charge in [-0.1, -0.05) is 43.3 Å². The highest BCUT2D eigenvalue weighted by Gasteiger charge is 2.44. The van der Waals surface area contributed by atoms with Crippen molar-refractivity contribution in [2.24, 2.45) is 23.7 Å². The topological polar surface area (TPSA) is 48.5 Å². The number of alkyl halides is 2. The maximum atomic E-state index is 14.3. The van der Waals surface area contributed by atoms with Crippen LogP contribution in [0.3, 0.4) is 0 Å². The molecule has 0 aromatic carbocycles. The zero-order valence-electron chi connectivity index (χ0n) is 24.2. The number of amides is 1. The van der Waals surface area contributed by atoms with Crippen LogP contribution in [0.1, 0.15) is 57.9 Å². The fraction of sp³-hybridized carbons (Fsp3) is 0.562. The minimum Gasteiger partial charge on any atom is -0.378 e. The second-order valence-corrected chi connectivity index (χ2v) is 12.0. The number of terminal acetylenes is 1. The highest BCUT2D eigenvalue weighted by molar-refractivity contribution is 6.31. The number of allylic oxidation sites excluding steroid dienone is 3. The molecule has 1 amide bonds. The van der Waals surface area contributed by atoms with E-state index in [0.717, 1.165) is 69.2 Å². The number of nitrogens with one attached hydrogen (secondary N) is 1. The summed E-state index contributed by atoms with van der Waals surface area (Å²) in [6, 6.07) is 4.00. The van der Waals surface area contributed by atoms with Crippen LogP contribution in [-0.2, 0) is 4.79 Å². The van der Waals surface area contributed by atoms with Crippen LogP contribution >= 0.6 is 11.6 Å². The highest BCUT2D eigenvalue weighted by atomic mass is 35.5. The largest absolute Gasteiger partial charge is 0.378 e. The lowest BCUT2D eigenvalue weighted by Gasteiger charge is -2.43. The third-order valence-corrected chi connectivity index (χ3v) is 8.72. The van der Waals surface area contributed by atoms with E-state index in [1.54, 1.807) is 12.2 Å². The minimum absolute atomic E-state index is 0.0114. The maximum absolute atomic E-state index is 14.3. The van der Waals surface area contributed by atoms with Crippen LogP contribution in [-0.4, -0.2) is 54.9 Å². The van der Waals surface area contributed by atoms with Gasteiger partial charge in [0.05, 0.1) is 0 Å². The van der Waals surface area contributed by atoms with Crippen LogP contribution in [0, 0.1) is 36.5 Å². The van der Waals surface area contributed by atoms with Crippen molar-refractivity contribution >= 4 is 29.0 Å². The summed E-state index contributed by atoms with van der Waals surface area (Å²) in [5, 5.41) is 3.39. The summed E-state index contributed by atoms with van der Waals surface area (Å²) in [5.74, 6) is -2.54. The van der Waals surface area contributed by atoms with Crippen molar-refractivity contribution in [3.8, 4) is 12.8 Å². The molecule has 1 saturated carbocycles. The molecule has 8 heteroatoms. The van der Waals surface area contributed by atoms with Crippen LogP contribution in [0.15, 0.2) is 42.5 Å². The first-order valence-electron chi connectivity index (χ1n) is 14.1. The third-order valence-electron chi connectivity index (χ3n) is 8.44. The summed E-state index contributed by atoms with van der Waals surface area (Å²) >= 11 is 6.48. The summed E-state index contributed by atoms with van der Waals surface area (Å²) < 4.78 is 28.7. The van der Waals surface area contributed by atoms with Gasteiger partial charge in [0.2, 0.25) is 5.91 Å². The quantitative estimate of drug-likeness (QED) is 0.261.